The van der Waals surface area contributed by atoms with Crippen LogP contribution in [0.1, 0.15) is 64.1 Å². The molecule has 2 atom stereocenters. The average Bonchev–Trinajstić information content (AvgIpc) is 2.92. The minimum Gasteiger partial charge on any atom is -0.314 e. The maximum atomic E-state index is 4.50. The Bertz CT molecular complexity index is 386. The monoisotopic (exact) mass is 313 g/mol. The van der Waals surface area contributed by atoms with Crippen LogP contribution in [-0.2, 0) is 0 Å². The van der Waals surface area contributed by atoms with Crippen LogP contribution in [-0.4, -0.2) is 22.4 Å². The molecule has 1 fully saturated rings. The molecule has 2 rings (SSSR count). The van der Waals surface area contributed by atoms with Crippen molar-refractivity contribution in [2.75, 3.05) is 6.54 Å². The van der Waals surface area contributed by atoms with Gasteiger partial charge >= 0.3 is 0 Å². The summed E-state index contributed by atoms with van der Waals surface area (Å²) in [5, 5.41) is 8.14. The predicted molar refractivity (Wildman–Crippen MR) is 79.0 cm³/mol. The van der Waals surface area contributed by atoms with Gasteiger partial charge in [-0.3, -0.25) is 4.68 Å². The Kier molecular flexibility index (Phi) is 4.84. The van der Waals surface area contributed by atoms with Crippen LogP contribution in [0, 0.1) is 0 Å². The second-order valence-corrected chi connectivity index (χ2v) is 6.43. The highest BCUT2D eigenvalue weighted by atomic mass is 79.9. The fraction of sp³-hybridized carbons (Fsp3) is 0.786. The van der Waals surface area contributed by atoms with E-state index in [1.165, 1.54) is 35.8 Å². The van der Waals surface area contributed by atoms with Gasteiger partial charge in [0.05, 0.1) is 16.4 Å². The number of hydrogen-bond donors (Lipinski definition) is 1. The van der Waals surface area contributed by atoms with Gasteiger partial charge in [-0.05, 0) is 62.0 Å². The Morgan fingerprint density at radius 2 is 2.28 bits per heavy atom. The van der Waals surface area contributed by atoms with E-state index in [-0.39, 0.29) is 0 Å². The largest absolute Gasteiger partial charge is 0.314 e. The van der Waals surface area contributed by atoms with Crippen molar-refractivity contribution >= 4 is 15.9 Å². The molecular weight excluding hydrogens is 290 g/mol. The van der Waals surface area contributed by atoms with Gasteiger partial charge in [0, 0.05) is 18.0 Å². The molecule has 0 spiro atoms. The molecule has 1 aliphatic rings. The minimum absolute atomic E-state index is 0.439. The summed E-state index contributed by atoms with van der Waals surface area (Å²) in [5.74, 6) is 0.652. The van der Waals surface area contributed by atoms with Gasteiger partial charge in [0.15, 0.2) is 0 Å². The van der Waals surface area contributed by atoms with Gasteiger partial charge in [0.25, 0.3) is 0 Å². The number of halogens is 1. The molecule has 18 heavy (non-hydrogen) atoms. The van der Waals surface area contributed by atoms with E-state index in [0.29, 0.717) is 18.0 Å². The Labute approximate surface area is 118 Å². The lowest BCUT2D eigenvalue weighted by Crippen LogP contribution is -2.27. The average molecular weight is 314 g/mol. The van der Waals surface area contributed by atoms with E-state index in [0.717, 1.165) is 6.54 Å². The van der Waals surface area contributed by atoms with Crippen LogP contribution in [0.4, 0.5) is 0 Å². The molecule has 1 aliphatic carbocycles. The van der Waals surface area contributed by atoms with Crippen molar-refractivity contribution in [1.82, 2.24) is 15.1 Å². The lowest BCUT2D eigenvalue weighted by atomic mass is 10.0. The molecule has 0 saturated heterocycles. The first kappa shape index (κ1) is 14.1. The first-order chi connectivity index (χ1) is 8.63. The van der Waals surface area contributed by atoms with Crippen molar-refractivity contribution in [3.63, 3.8) is 0 Å². The SMILES string of the molecule is CCCNC1CCC(c2c(Br)cnn2C(C)C)C1. The zero-order valence-corrected chi connectivity index (χ0v) is 13.2. The van der Waals surface area contributed by atoms with Crippen LogP contribution in [0.2, 0.25) is 0 Å². The number of hydrogen-bond acceptors (Lipinski definition) is 2. The Hall–Kier alpha value is -0.350. The first-order valence-corrected chi connectivity index (χ1v) is 7.89. The van der Waals surface area contributed by atoms with Crippen LogP contribution < -0.4 is 5.32 Å². The van der Waals surface area contributed by atoms with Gasteiger partial charge in [-0.2, -0.15) is 5.10 Å². The zero-order chi connectivity index (χ0) is 13.1. The summed E-state index contributed by atoms with van der Waals surface area (Å²) in [6, 6.07) is 1.13. The number of nitrogens with one attached hydrogen (secondary N) is 1. The molecule has 1 heterocycles. The Morgan fingerprint density at radius 3 is 2.94 bits per heavy atom. The van der Waals surface area contributed by atoms with Gasteiger partial charge in [-0.25, -0.2) is 0 Å². The van der Waals surface area contributed by atoms with Crippen molar-refractivity contribution in [2.45, 2.75) is 64.5 Å². The summed E-state index contributed by atoms with van der Waals surface area (Å²) in [4.78, 5) is 0. The summed E-state index contributed by atoms with van der Waals surface area (Å²) >= 11 is 3.66. The molecule has 1 saturated carbocycles. The van der Waals surface area contributed by atoms with E-state index in [2.05, 4.69) is 51.8 Å². The minimum atomic E-state index is 0.439. The van der Waals surface area contributed by atoms with Gasteiger partial charge in [0.2, 0.25) is 0 Å². The van der Waals surface area contributed by atoms with Crippen LogP contribution >= 0.6 is 15.9 Å². The molecule has 0 radical (unpaired) electrons. The molecule has 0 amide bonds. The summed E-state index contributed by atoms with van der Waals surface area (Å²) in [6.45, 7) is 7.77. The van der Waals surface area contributed by atoms with Crippen LogP contribution in [0.5, 0.6) is 0 Å². The smallest absolute Gasteiger partial charge is 0.0635 e. The zero-order valence-electron chi connectivity index (χ0n) is 11.6. The van der Waals surface area contributed by atoms with Gasteiger partial charge in [-0.15, -0.1) is 0 Å². The molecule has 2 unspecified atom stereocenters. The molecule has 0 aliphatic heterocycles. The van der Waals surface area contributed by atoms with Crippen LogP contribution in [0.15, 0.2) is 10.7 Å². The molecule has 4 heteroatoms. The van der Waals surface area contributed by atoms with E-state index in [1.54, 1.807) is 0 Å². The third kappa shape index (κ3) is 2.97. The molecule has 0 aromatic carbocycles. The standard InChI is InChI=1S/C14H24BrN3/c1-4-7-16-12-6-5-11(8-12)14-13(15)9-17-18(14)10(2)3/h9-12,16H,4-8H2,1-3H3. The summed E-state index contributed by atoms with van der Waals surface area (Å²) in [5.41, 5.74) is 1.39. The van der Waals surface area contributed by atoms with Crippen LogP contribution in [0.3, 0.4) is 0 Å². The van der Waals surface area contributed by atoms with Crippen molar-refractivity contribution in [3.8, 4) is 0 Å². The molecular formula is C14H24BrN3. The molecule has 1 N–H and O–H groups in total. The van der Waals surface area contributed by atoms with Gasteiger partial charge < -0.3 is 5.32 Å². The topological polar surface area (TPSA) is 29.9 Å². The molecule has 102 valence electrons. The number of nitrogens with zero attached hydrogens (tertiary/aromatic N) is 2. The van der Waals surface area contributed by atoms with Crippen LogP contribution in [0.25, 0.3) is 0 Å². The van der Waals surface area contributed by atoms with Crippen molar-refractivity contribution in [3.05, 3.63) is 16.4 Å². The molecule has 0 bridgehead atoms. The predicted octanol–water partition coefficient (Wildman–Crippen LogP) is 3.86. The molecule has 1 aromatic rings. The van der Waals surface area contributed by atoms with E-state index in [1.807, 2.05) is 6.20 Å². The Morgan fingerprint density at radius 1 is 1.50 bits per heavy atom. The van der Waals surface area contributed by atoms with Crippen molar-refractivity contribution in [2.24, 2.45) is 0 Å². The maximum absolute atomic E-state index is 4.50. The Balaban J connectivity index is 2.07. The lowest BCUT2D eigenvalue weighted by Gasteiger charge is -2.17. The fourth-order valence-corrected chi connectivity index (χ4v) is 3.50. The molecule has 1 aromatic heterocycles. The maximum Gasteiger partial charge on any atom is 0.0635 e. The fourth-order valence-electron chi connectivity index (χ4n) is 2.91. The normalized spacial score (nSPS) is 24.1. The summed E-state index contributed by atoms with van der Waals surface area (Å²) in [6.07, 6.45) is 6.98. The highest BCUT2D eigenvalue weighted by molar-refractivity contribution is 9.10. The van der Waals surface area contributed by atoms with Crippen molar-refractivity contribution < 1.29 is 0 Å². The van der Waals surface area contributed by atoms with E-state index in [4.69, 9.17) is 0 Å². The molecule has 3 nitrogen and oxygen atoms in total. The van der Waals surface area contributed by atoms with Gasteiger partial charge in [-0.1, -0.05) is 6.92 Å². The first-order valence-electron chi connectivity index (χ1n) is 7.09. The second kappa shape index (κ2) is 6.20. The van der Waals surface area contributed by atoms with Gasteiger partial charge in [0.1, 0.15) is 0 Å². The number of aromatic nitrogens is 2. The lowest BCUT2D eigenvalue weighted by molar-refractivity contribution is 0.473. The highest BCUT2D eigenvalue weighted by Gasteiger charge is 2.29. The highest BCUT2D eigenvalue weighted by Crippen LogP contribution is 2.38. The quantitative estimate of drug-likeness (QED) is 0.894. The number of rotatable bonds is 5. The third-order valence-corrected chi connectivity index (χ3v) is 4.39. The third-order valence-electron chi connectivity index (χ3n) is 3.78. The van der Waals surface area contributed by atoms with E-state index >= 15 is 0 Å². The second-order valence-electron chi connectivity index (χ2n) is 5.58. The van der Waals surface area contributed by atoms with E-state index in [9.17, 15) is 0 Å². The summed E-state index contributed by atoms with van der Waals surface area (Å²) < 4.78 is 3.36. The van der Waals surface area contributed by atoms with E-state index < -0.39 is 0 Å². The summed E-state index contributed by atoms with van der Waals surface area (Å²) in [7, 11) is 0. The van der Waals surface area contributed by atoms with Crippen molar-refractivity contribution in [1.29, 1.82) is 0 Å².